The molecule has 10 heteroatoms. The second kappa shape index (κ2) is 13.5. The van der Waals surface area contributed by atoms with E-state index in [4.69, 9.17) is 16.3 Å². The van der Waals surface area contributed by atoms with Gasteiger partial charge in [0, 0.05) is 17.6 Å². The van der Waals surface area contributed by atoms with Gasteiger partial charge in [0.1, 0.15) is 18.3 Å². The number of halogens is 1. The second-order valence-corrected chi connectivity index (χ2v) is 11.5. The van der Waals surface area contributed by atoms with Gasteiger partial charge in [0.05, 0.1) is 17.7 Å². The molecule has 0 heterocycles. The van der Waals surface area contributed by atoms with Gasteiger partial charge in [-0.15, -0.1) is 0 Å². The van der Waals surface area contributed by atoms with Crippen molar-refractivity contribution in [1.29, 1.82) is 0 Å². The molecule has 208 valence electrons. The Hall–Kier alpha value is -3.56. The van der Waals surface area contributed by atoms with Gasteiger partial charge in [-0.3, -0.25) is 13.9 Å². The SMILES string of the molecule is CC[C@H](C)NC(=O)[C@@H](C)N(Cc1ccccc1)C(=O)CN(c1cccc(Cl)c1)S(=O)(=O)c1ccc(OC)cc1. The maximum Gasteiger partial charge on any atom is 0.264 e. The number of methoxy groups -OCH3 is 1. The molecule has 0 aliphatic heterocycles. The lowest BCUT2D eigenvalue weighted by molar-refractivity contribution is -0.139. The maximum atomic E-state index is 13.9. The van der Waals surface area contributed by atoms with Crippen molar-refractivity contribution in [2.45, 2.75) is 50.7 Å². The van der Waals surface area contributed by atoms with Crippen molar-refractivity contribution in [3.63, 3.8) is 0 Å². The number of rotatable bonds is 12. The number of nitrogens with zero attached hydrogens (tertiary/aromatic N) is 2. The summed E-state index contributed by atoms with van der Waals surface area (Å²) < 4.78 is 33.8. The summed E-state index contributed by atoms with van der Waals surface area (Å²) >= 11 is 6.20. The average Bonchev–Trinajstić information content (AvgIpc) is 2.94. The van der Waals surface area contributed by atoms with Crippen molar-refractivity contribution in [3.05, 3.63) is 89.4 Å². The fourth-order valence-electron chi connectivity index (χ4n) is 3.86. The lowest BCUT2D eigenvalue weighted by Crippen LogP contribution is -2.52. The number of nitrogens with one attached hydrogen (secondary N) is 1. The Labute approximate surface area is 235 Å². The molecule has 0 saturated carbocycles. The number of sulfonamides is 1. The highest BCUT2D eigenvalue weighted by atomic mass is 35.5. The Bertz CT molecular complexity index is 1370. The maximum absolute atomic E-state index is 13.9. The first-order valence-corrected chi connectivity index (χ1v) is 14.4. The third-order valence-corrected chi connectivity index (χ3v) is 8.41. The van der Waals surface area contributed by atoms with Gasteiger partial charge in [0.2, 0.25) is 11.8 Å². The van der Waals surface area contributed by atoms with Gasteiger partial charge in [-0.25, -0.2) is 8.42 Å². The van der Waals surface area contributed by atoms with E-state index in [2.05, 4.69) is 5.32 Å². The van der Waals surface area contributed by atoms with Crippen molar-refractivity contribution < 1.29 is 22.7 Å². The zero-order valence-corrected chi connectivity index (χ0v) is 24.1. The minimum Gasteiger partial charge on any atom is -0.497 e. The number of ether oxygens (including phenoxy) is 1. The van der Waals surface area contributed by atoms with E-state index in [0.717, 1.165) is 16.3 Å². The summed E-state index contributed by atoms with van der Waals surface area (Å²) in [5, 5.41) is 3.23. The smallest absolute Gasteiger partial charge is 0.264 e. The highest BCUT2D eigenvalue weighted by Gasteiger charge is 2.33. The zero-order chi connectivity index (χ0) is 28.6. The molecule has 2 amide bonds. The monoisotopic (exact) mass is 571 g/mol. The van der Waals surface area contributed by atoms with Crippen molar-refractivity contribution in [2.75, 3.05) is 18.0 Å². The molecular formula is C29H34ClN3O5S. The number of anilines is 1. The number of benzene rings is 3. The molecule has 0 aromatic heterocycles. The molecular weight excluding hydrogens is 538 g/mol. The Balaban J connectivity index is 2.01. The van der Waals surface area contributed by atoms with Gasteiger partial charge >= 0.3 is 0 Å². The van der Waals surface area contributed by atoms with Crippen molar-refractivity contribution in [2.24, 2.45) is 0 Å². The quantitative estimate of drug-likeness (QED) is 0.334. The highest BCUT2D eigenvalue weighted by molar-refractivity contribution is 7.92. The number of carbonyl (C=O) groups is 2. The molecule has 8 nitrogen and oxygen atoms in total. The normalized spacial score (nSPS) is 12.7. The van der Waals surface area contributed by atoms with Gasteiger partial charge in [-0.2, -0.15) is 0 Å². The number of hydrogen-bond acceptors (Lipinski definition) is 5. The molecule has 1 N–H and O–H groups in total. The van der Waals surface area contributed by atoms with Crippen LogP contribution in [0.4, 0.5) is 5.69 Å². The van der Waals surface area contributed by atoms with Crippen LogP contribution in [0.5, 0.6) is 5.75 Å². The molecule has 0 aliphatic rings. The molecule has 0 fully saturated rings. The molecule has 0 aliphatic carbocycles. The van der Waals surface area contributed by atoms with Crippen molar-refractivity contribution in [3.8, 4) is 5.75 Å². The molecule has 3 aromatic rings. The Kier molecular flexibility index (Phi) is 10.4. The van der Waals surface area contributed by atoms with Gasteiger partial charge in [-0.05, 0) is 68.3 Å². The molecule has 0 radical (unpaired) electrons. The molecule has 2 atom stereocenters. The van der Waals surface area contributed by atoms with E-state index in [1.807, 2.05) is 44.2 Å². The van der Waals surface area contributed by atoms with Crippen LogP contribution in [0.15, 0.2) is 83.8 Å². The van der Waals surface area contributed by atoms with E-state index >= 15 is 0 Å². The summed E-state index contributed by atoms with van der Waals surface area (Å²) in [6, 6.07) is 20.5. The Morgan fingerprint density at radius 1 is 0.974 bits per heavy atom. The van der Waals surface area contributed by atoms with Crippen molar-refractivity contribution >= 4 is 39.1 Å². The first-order valence-electron chi connectivity index (χ1n) is 12.6. The molecule has 0 unspecified atom stereocenters. The lowest BCUT2D eigenvalue weighted by Gasteiger charge is -2.32. The highest BCUT2D eigenvalue weighted by Crippen LogP contribution is 2.28. The summed E-state index contributed by atoms with van der Waals surface area (Å²) in [4.78, 5) is 28.3. The van der Waals surface area contributed by atoms with E-state index < -0.39 is 28.5 Å². The van der Waals surface area contributed by atoms with Crippen LogP contribution in [0.25, 0.3) is 0 Å². The summed E-state index contributed by atoms with van der Waals surface area (Å²) in [6.45, 7) is 5.06. The van der Waals surface area contributed by atoms with Crippen LogP contribution < -0.4 is 14.4 Å². The molecule has 0 saturated heterocycles. The van der Waals surface area contributed by atoms with Crippen molar-refractivity contribution in [1.82, 2.24) is 10.2 Å². The predicted molar refractivity (Wildman–Crippen MR) is 153 cm³/mol. The third-order valence-electron chi connectivity index (χ3n) is 6.39. The first kappa shape index (κ1) is 30.0. The number of amides is 2. The average molecular weight is 572 g/mol. The first-order chi connectivity index (χ1) is 18.6. The Morgan fingerprint density at radius 3 is 2.23 bits per heavy atom. The van der Waals surface area contributed by atoms with Crippen LogP contribution in [-0.2, 0) is 26.2 Å². The van der Waals surface area contributed by atoms with E-state index in [9.17, 15) is 18.0 Å². The fourth-order valence-corrected chi connectivity index (χ4v) is 5.45. The topological polar surface area (TPSA) is 96.0 Å². The van der Waals surface area contributed by atoms with E-state index in [1.165, 1.54) is 42.3 Å². The minimum atomic E-state index is -4.20. The van der Waals surface area contributed by atoms with E-state index in [-0.39, 0.29) is 29.1 Å². The third kappa shape index (κ3) is 7.74. The van der Waals surface area contributed by atoms with Crippen LogP contribution >= 0.6 is 11.6 Å². The van der Waals surface area contributed by atoms with Crippen LogP contribution in [0.2, 0.25) is 5.02 Å². The van der Waals surface area contributed by atoms with E-state index in [1.54, 1.807) is 25.1 Å². The molecule has 39 heavy (non-hydrogen) atoms. The standard InChI is InChI=1S/C29H34ClN3O5S/c1-5-21(2)31-29(35)22(3)32(19-23-10-7-6-8-11-23)28(34)20-33(25-13-9-12-24(30)18-25)39(36,37)27-16-14-26(38-4)15-17-27/h6-18,21-22H,5,19-20H2,1-4H3,(H,31,35)/t21-,22+/m0/s1. The molecule has 3 aromatic carbocycles. The largest absolute Gasteiger partial charge is 0.497 e. The van der Waals surface area contributed by atoms with Gasteiger partial charge in [0.15, 0.2) is 0 Å². The van der Waals surface area contributed by atoms with Crippen LogP contribution in [0.1, 0.15) is 32.8 Å². The van der Waals surface area contributed by atoms with Crippen LogP contribution in [-0.4, -0.2) is 50.9 Å². The minimum absolute atomic E-state index is 0.0201. The molecule has 0 spiro atoms. The summed E-state index contributed by atoms with van der Waals surface area (Å²) in [7, 11) is -2.71. The number of hydrogen-bond donors (Lipinski definition) is 1. The van der Waals surface area contributed by atoms with E-state index in [0.29, 0.717) is 10.8 Å². The van der Waals surface area contributed by atoms with Gasteiger partial charge in [0.25, 0.3) is 10.0 Å². The lowest BCUT2D eigenvalue weighted by atomic mass is 10.1. The predicted octanol–water partition coefficient (Wildman–Crippen LogP) is 4.88. The summed E-state index contributed by atoms with van der Waals surface area (Å²) in [5.41, 5.74) is 1.03. The zero-order valence-electron chi connectivity index (χ0n) is 22.5. The summed E-state index contributed by atoms with van der Waals surface area (Å²) in [5.74, 6) is -0.363. The second-order valence-electron chi connectivity index (χ2n) is 9.17. The number of carbonyl (C=O) groups excluding carboxylic acids is 2. The van der Waals surface area contributed by atoms with Gasteiger partial charge < -0.3 is 15.0 Å². The Morgan fingerprint density at radius 2 is 1.64 bits per heavy atom. The van der Waals surface area contributed by atoms with Crippen LogP contribution in [0.3, 0.4) is 0 Å². The molecule has 3 rings (SSSR count). The fraction of sp³-hybridized carbons (Fsp3) is 0.310. The summed E-state index contributed by atoms with van der Waals surface area (Å²) in [6.07, 6.45) is 0.730. The molecule has 0 bridgehead atoms. The van der Waals surface area contributed by atoms with Gasteiger partial charge in [-0.1, -0.05) is 54.9 Å². The van der Waals surface area contributed by atoms with Crippen LogP contribution in [0, 0.1) is 0 Å².